The first-order chi connectivity index (χ1) is 10.6. The Morgan fingerprint density at radius 2 is 2.18 bits per heavy atom. The molecule has 2 aromatic rings. The van der Waals surface area contributed by atoms with Crippen LogP contribution in [0.15, 0.2) is 34.1 Å². The van der Waals surface area contributed by atoms with Gasteiger partial charge in [0.05, 0.1) is 23.1 Å². The van der Waals surface area contributed by atoms with Gasteiger partial charge in [-0.2, -0.15) is 0 Å². The molecule has 1 aromatic heterocycles. The number of hydrogen-bond donors (Lipinski definition) is 2. The van der Waals surface area contributed by atoms with Crippen molar-refractivity contribution >= 4 is 50.5 Å². The third kappa shape index (κ3) is 5.19. The average molecular weight is 404 g/mol. The molecule has 0 aliphatic heterocycles. The van der Waals surface area contributed by atoms with Crippen LogP contribution in [0.25, 0.3) is 0 Å². The van der Waals surface area contributed by atoms with Crippen LogP contribution < -0.4 is 15.4 Å². The van der Waals surface area contributed by atoms with Crippen LogP contribution >= 0.6 is 38.9 Å². The Labute approximate surface area is 146 Å². The minimum atomic E-state index is -0.00184. The van der Waals surface area contributed by atoms with Crippen LogP contribution in [-0.4, -0.2) is 19.6 Å². The number of benzene rings is 1. The highest BCUT2D eigenvalue weighted by Gasteiger charge is 2.06. The molecule has 0 bridgehead atoms. The minimum Gasteiger partial charge on any atom is -0.495 e. The fourth-order valence-electron chi connectivity index (χ4n) is 1.85. The van der Waals surface area contributed by atoms with Crippen molar-refractivity contribution in [1.29, 1.82) is 0 Å². The number of rotatable bonds is 7. The number of methoxy groups -OCH3 is 1. The Bertz CT molecular complexity index is 648. The molecule has 0 atom stereocenters. The normalized spacial score (nSPS) is 10.3. The summed E-state index contributed by atoms with van der Waals surface area (Å²) in [6, 6.07) is 9.29. The zero-order chi connectivity index (χ0) is 15.9. The summed E-state index contributed by atoms with van der Waals surface area (Å²) < 4.78 is 6.30. The molecule has 0 aliphatic carbocycles. The molecule has 1 amide bonds. The molecule has 0 spiro atoms. The molecule has 22 heavy (non-hydrogen) atoms. The first kappa shape index (κ1) is 17.1. The fourth-order valence-corrected chi connectivity index (χ4v) is 3.44. The van der Waals surface area contributed by atoms with Crippen molar-refractivity contribution in [2.45, 2.75) is 13.0 Å². The summed E-state index contributed by atoms with van der Waals surface area (Å²) in [6.07, 6.45) is 0.377. The number of anilines is 1. The maximum Gasteiger partial charge on any atom is 0.222 e. The molecule has 2 N–H and O–H groups in total. The third-order valence-electron chi connectivity index (χ3n) is 2.92. The molecule has 1 aromatic carbocycles. The largest absolute Gasteiger partial charge is 0.495 e. The second kappa shape index (κ2) is 8.41. The van der Waals surface area contributed by atoms with Crippen LogP contribution in [0.5, 0.6) is 5.75 Å². The predicted octanol–water partition coefficient (Wildman–Crippen LogP) is 4.29. The van der Waals surface area contributed by atoms with Crippen molar-refractivity contribution in [1.82, 2.24) is 5.32 Å². The zero-order valence-corrected chi connectivity index (χ0v) is 15.1. The molecular weight excluding hydrogens is 388 g/mol. The van der Waals surface area contributed by atoms with Crippen LogP contribution in [0.1, 0.15) is 11.3 Å². The van der Waals surface area contributed by atoms with E-state index in [-0.39, 0.29) is 5.91 Å². The summed E-state index contributed by atoms with van der Waals surface area (Å²) in [6.45, 7) is 1.06. The van der Waals surface area contributed by atoms with Crippen molar-refractivity contribution < 1.29 is 9.53 Å². The summed E-state index contributed by atoms with van der Waals surface area (Å²) >= 11 is 11.0. The van der Waals surface area contributed by atoms with Gasteiger partial charge in [0.1, 0.15) is 5.75 Å². The highest BCUT2D eigenvalue weighted by molar-refractivity contribution is 9.11. The van der Waals surface area contributed by atoms with Gasteiger partial charge in [0.25, 0.3) is 0 Å². The second-order valence-corrected chi connectivity index (χ2v) is 7.49. The molecule has 7 heteroatoms. The first-order valence-electron chi connectivity index (χ1n) is 6.67. The summed E-state index contributed by atoms with van der Waals surface area (Å²) in [5, 5.41) is 6.68. The molecule has 0 radical (unpaired) electrons. The maximum absolute atomic E-state index is 11.8. The highest BCUT2D eigenvalue weighted by Crippen LogP contribution is 2.27. The van der Waals surface area contributed by atoms with Gasteiger partial charge in [-0.1, -0.05) is 11.6 Å². The number of carbonyl (C=O) groups excluding carboxylic acids is 1. The van der Waals surface area contributed by atoms with Gasteiger partial charge in [0, 0.05) is 22.9 Å². The number of hydrogen-bond acceptors (Lipinski definition) is 4. The average Bonchev–Trinajstić information content (AvgIpc) is 2.91. The summed E-state index contributed by atoms with van der Waals surface area (Å²) in [4.78, 5) is 12.9. The standard InChI is InChI=1S/C15H16BrClN2O2S/c1-21-13-4-2-10(17)8-12(13)18-7-6-15(20)19-9-11-3-5-14(16)22-11/h2-5,8,18H,6-7,9H2,1H3,(H,19,20). The van der Waals surface area contributed by atoms with Gasteiger partial charge < -0.3 is 15.4 Å². The molecule has 4 nitrogen and oxygen atoms in total. The van der Waals surface area contributed by atoms with Gasteiger partial charge >= 0.3 is 0 Å². The quantitative estimate of drug-likeness (QED) is 0.725. The lowest BCUT2D eigenvalue weighted by molar-refractivity contribution is -0.120. The summed E-state index contributed by atoms with van der Waals surface area (Å²) in [7, 11) is 1.60. The lowest BCUT2D eigenvalue weighted by Gasteiger charge is -2.11. The van der Waals surface area contributed by atoms with E-state index < -0.39 is 0 Å². The van der Waals surface area contributed by atoms with Gasteiger partial charge in [-0.25, -0.2) is 0 Å². The summed E-state index contributed by atoms with van der Waals surface area (Å²) in [5.74, 6) is 0.700. The smallest absolute Gasteiger partial charge is 0.222 e. The van der Waals surface area contributed by atoms with Gasteiger partial charge in [0.15, 0.2) is 0 Å². The van der Waals surface area contributed by atoms with Gasteiger partial charge in [-0.3, -0.25) is 4.79 Å². The molecule has 1 heterocycles. The molecular formula is C15H16BrClN2O2S. The minimum absolute atomic E-state index is 0.00184. The lowest BCUT2D eigenvalue weighted by atomic mass is 10.2. The van der Waals surface area contributed by atoms with E-state index in [1.54, 1.807) is 36.6 Å². The number of amides is 1. The van der Waals surface area contributed by atoms with E-state index >= 15 is 0 Å². The van der Waals surface area contributed by atoms with E-state index in [2.05, 4.69) is 26.6 Å². The third-order valence-corrected chi connectivity index (χ3v) is 4.78. The first-order valence-corrected chi connectivity index (χ1v) is 8.65. The Kier molecular flexibility index (Phi) is 6.54. The molecule has 0 saturated carbocycles. The van der Waals surface area contributed by atoms with E-state index in [1.807, 2.05) is 12.1 Å². The monoisotopic (exact) mass is 402 g/mol. The van der Waals surface area contributed by atoms with Crippen molar-refractivity contribution in [3.05, 3.63) is 44.0 Å². The molecule has 2 rings (SSSR count). The van der Waals surface area contributed by atoms with E-state index in [0.29, 0.717) is 30.3 Å². The van der Waals surface area contributed by atoms with Crippen molar-refractivity contribution in [2.75, 3.05) is 19.0 Å². The van der Waals surface area contributed by atoms with E-state index in [9.17, 15) is 4.79 Å². The van der Waals surface area contributed by atoms with E-state index in [4.69, 9.17) is 16.3 Å². The van der Waals surface area contributed by atoms with Crippen LogP contribution in [0.3, 0.4) is 0 Å². The molecule has 0 saturated heterocycles. The lowest BCUT2D eigenvalue weighted by Crippen LogP contribution is -2.24. The van der Waals surface area contributed by atoms with E-state index in [1.165, 1.54) is 0 Å². The zero-order valence-electron chi connectivity index (χ0n) is 12.0. The number of ether oxygens (including phenoxy) is 1. The van der Waals surface area contributed by atoms with Crippen LogP contribution in [0.2, 0.25) is 5.02 Å². The molecule has 0 unspecified atom stereocenters. The van der Waals surface area contributed by atoms with Crippen molar-refractivity contribution in [3.8, 4) is 5.75 Å². The van der Waals surface area contributed by atoms with Gasteiger partial charge in [-0.05, 0) is 46.3 Å². The fraction of sp³-hybridized carbons (Fsp3) is 0.267. The number of carbonyl (C=O) groups is 1. The second-order valence-electron chi connectivity index (χ2n) is 4.50. The molecule has 0 aliphatic rings. The van der Waals surface area contributed by atoms with Gasteiger partial charge in [0.2, 0.25) is 5.91 Å². The Morgan fingerprint density at radius 1 is 1.36 bits per heavy atom. The van der Waals surface area contributed by atoms with Crippen LogP contribution in [0, 0.1) is 0 Å². The predicted molar refractivity (Wildman–Crippen MR) is 95.0 cm³/mol. The molecule has 0 fully saturated rings. The van der Waals surface area contributed by atoms with E-state index in [0.717, 1.165) is 14.4 Å². The number of thiophene rings is 1. The Hall–Kier alpha value is -1.24. The summed E-state index contributed by atoms with van der Waals surface area (Å²) in [5.41, 5.74) is 0.782. The van der Waals surface area contributed by atoms with Crippen LogP contribution in [0.4, 0.5) is 5.69 Å². The van der Waals surface area contributed by atoms with Crippen molar-refractivity contribution in [3.63, 3.8) is 0 Å². The number of halogens is 2. The highest BCUT2D eigenvalue weighted by atomic mass is 79.9. The Balaban J connectivity index is 1.76. The maximum atomic E-state index is 11.8. The van der Waals surface area contributed by atoms with Crippen molar-refractivity contribution in [2.24, 2.45) is 0 Å². The topological polar surface area (TPSA) is 50.4 Å². The van der Waals surface area contributed by atoms with Gasteiger partial charge in [-0.15, -0.1) is 11.3 Å². The van der Waals surface area contributed by atoms with Crippen LogP contribution in [-0.2, 0) is 11.3 Å². The number of nitrogens with one attached hydrogen (secondary N) is 2. The SMILES string of the molecule is COc1ccc(Cl)cc1NCCC(=O)NCc1ccc(Br)s1. The molecule has 118 valence electrons. The Morgan fingerprint density at radius 3 is 2.86 bits per heavy atom.